The van der Waals surface area contributed by atoms with Gasteiger partial charge in [0.15, 0.2) is 5.82 Å². The van der Waals surface area contributed by atoms with Crippen molar-refractivity contribution >= 4 is 33.6 Å². The fourth-order valence-electron chi connectivity index (χ4n) is 2.32. The Hall–Kier alpha value is -2.32. The van der Waals surface area contributed by atoms with Crippen molar-refractivity contribution in [1.82, 2.24) is 20.2 Å². The summed E-state index contributed by atoms with van der Waals surface area (Å²) in [6, 6.07) is 17.5. The van der Waals surface area contributed by atoms with Crippen LogP contribution in [-0.4, -0.2) is 26.5 Å². The molecule has 1 heterocycles. The Labute approximate surface area is 164 Å². The first kappa shape index (κ1) is 18.5. The fourth-order valence-corrected chi connectivity index (χ4v) is 3.58. The molecule has 0 radical (unpaired) electrons. The number of thioether (sulfide) groups is 1. The molecule has 0 aliphatic rings. The summed E-state index contributed by atoms with van der Waals surface area (Å²) in [5.41, 5.74) is 1.95. The zero-order valence-electron chi connectivity index (χ0n) is 13.9. The molecule has 1 aromatic heterocycles. The lowest BCUT2D eigenvalue weighted by Gasteiger charge is -2.06. The highest BCUT2D eigenvalue weighted by Gasteiger charge is 2.14. The molecule has 3 rings (SSSR count). The first-order chi connectivity index (χ1) is 12.6. The van der Waals surface area contributed by atoms with Crippen LogP contribution in [0.1, 0.15) is 12.0 Å². The van der Waals surface area contributed by atoms with Crippen LogP contribution in [0.25, 0.3) is 11.4 Å². The minimum Gasteiger partial charge on any atom is -0.352 e. The lowest BCUT2D eigenvalue weighted by atomic mass is 10.2. The number of nitrogens with one attached hydrogen (secondary N) is 1. The second-order valence-corrected chi connectivity index (χ2v) is 7.43. The Kier molecular flexibility index (Phi) is 6.30. The Bertz CT molecular complexity index is 884. The molecule has 0 unspecified atom stereocenters. The number of halogens is 1. The van der Waals surface area contributed by atoms with Crippen molar-refractivity contribution in [2.75, 3.05) is 11.6 Å². The van der Waals surface area contributed by atoms with Gasteiger partial charge in [-0.15, -0.1) is 10.2 Å². The Morgan fingerprint density at radius 3 is 2.62 bits per heavy atom. The van der Waals surface area contributed by atoms with Crippen LogP contribution in [0.15, 0.2) is 64.2 Å². The highest BCUT2D eigenvalue weighted by atomic mass is 79.9. The van der Waals surface area contributed by atoms with Gasteiger partial charge >= 0.3 is 0 Å². The average Bonchev–Trinajstić information content (AvgIpc) is 3.02. The van der Waals surface area contributed by atoms with Gasteiger partial charge in [-0.2, -0.15) is 0 Å². The highest BCUT2D eigenvalue weighted by molar-refractivity contribution is 9.10. The molecular weight excluding hydrogens is 414 g/mol. The van der Waals surface area contributed by atoms with Crippen molar-refractivity contribution in [1.29, 1.82) is 0 Å². The molecule has 0 aliphatic carbocycles. The molecule has 26 heavy (non-hydrogen) atoms. The minimum atomic E-state index is -0.00420. The van der Waals surface area contributed by atoms with Crippen molar-refractivity contribution in [3.8, 4) is 11.4 Å². The number of nitrogens with zero attached hydrogens (tertiary/aromatic N) is 3. The third kappa shape index (κ3) is 4.64. The quantitative estimate of drug-likeness (QED) is 0.442. The zero-order chi connectivity index (χ0) is 18.4. The maximum Gasteiger partial charge on any atom is 0.221 e. The summed E-state index contributed by atoms with van der Waals surface area (Å²) in [5.74, 6) is 7.25. The van der Waals surface area contributed by atoms with Crippen LogP contribution in [0.5, 0.6) is 0 Å². The molecule has 0 atom stereocenters. The number of benzene rings is 2. The summed E-state index contributed by atoms with van der Waals surface area (Å²) in [6.07, 6.45) is 0.384. The summed E-state index contributed by atoms with van der Waals surface area (Å²) in [7, 11) is 0. The number of amides is 1. The number of hydrogen-bond acceptors (Lipinski definition) is 5. The van der Waals surface area contributed by atoms with E-state index in [1.54, 1.807) is 0 Å². The van der Waals surface area contributed by atoms with E-state index in [4.69, 9.17) is 5.84 Å². The molecule has 134 valence electrons. The van der Waals surface area contributed by atoms with Gasteiger partial charge in [0.2, 0.25) is 11.1 Å². The first-order valence-electron chi connectivity index (χ1n) is 8.04. The van der Waals surface area contributed by atoms with E-state index < -0.39 is 0 Å². The van der Waals surface area contributed by atoms with Crippen LogP contribution in [-0.2, 0) is 11.3 Å². The smallest absolute Gasteiger partial charge is 0.221 e. The van der Waals surface area contributed by atoms with Crippen LogP contribution >= 0.6 is 27.7 Å². The first-order valence-corrected chi connectivity index (χ1v) is 9.82. The third-order valence-corrected chi connectivity index (χ3v) is 5.31. The molecule has 6 nitrogen and oxygen atoms in total. The van der Waals surface area contributed by atoms with Gasteiger partial charge in [-0.3, -0.25) is 4.79 Å². The van der Waals surface area contributed by atoms with Gasteiger partial charge in [0.1, 0.15) is 0 Å². The molecule has 3 aromatic rings. The Balaban J connectivity index is 1.51. The summed E-state index contributed by atoms with van der Waals surface area (Å²) in [5, 5.41) is 11.8. The third-order valence-electron chi connectivity index (χ3n) is 3.67. The van der Waals surface area contributed by atoms with E-state index in [0.717, 1.165) is 15.6 Å². The van der Waals surface area contributed by atoms with Crippen molar-refractivity contribution in [2.45, 2.75) is 18.1 Å². The predicted molar refractivity (Wildman–Crippen MR) is 107 cm³/mol. The van der Waals surface area contributed by atoms with E-state index in [9.17, 15) is 4.79 Å². The van der Waals surface area contributed by atoms with Crippen LogP contribution in [0, 0.1) is 0 Å². The van der Waals surface area contributed by atoms with E-state index in [0.29, 0.717) is 29.7 Å². The predicted octanol–water partition coefficient (Wildman–Crippen LogP) is 3.22. The van der Waals surface area contributed by atoms with Crippen LogP contribution in [0.3, 0.4) is 0 Å². The summed E-state index contributed by atoms with van der Waals surface area (Å²) in [6.45, 7) is 0.531. The number of rotatable bonds is 7. The van der Waals surface area contributed by atoms with E-state index >= 15 is 0 Å². The molecule has 0 saturated heterocycles. The molecule has 0 aliphatic heterocycles. The SMILES string of the molecule is Nn1c(SCCC(=O)NCc2ccccc2)nnc1-c1ccccc1Br. The molecule has 1 amide bonds. The van der Waals surface area contributed by atoms with Crippen LogP contribution in [0.4, 0.5) is 0 Å². The summed E-state index contributed by atoms with van der Waals surface area (Å²) in [4.78, 5) is 12.0. The molecule has 0 fully saturated rings. The normalized spacial score (nSPS) is 10.7. The molecule has 0 saturated carbocycles. The number of aromatic nitrogens is 3. The number of nitrogen functional groups attached to an aromatic ring is 1. The fraction of sp³-hybridized carbons (Fsp3) is 0.167. The monoisotopic (exact) mass is 431 g/mol. The van der Waals surface area contributed by atoms with Gasteiger partial charge < -0.3 is 11.2 Å². The molecule has 3 N–H and O–H groups in total. The average molecular weight is 432 g/mol. The molecule has 0 spiro atoms. The zero-order valence-corrected chi connectivity index (χ0v) is 16.3. The van der Waals surface area contributed by atoms with E-state index in [1.165, 1.54) is 16.4 Å². The van der Waals surface area contributed by atoms with Gasteiger partial charge in [-0.1, -0.05) is 70.2 Å². The number of carbonyl (C=O) groups excluding carboxylic acids is 1. The summed E-state index contributed by atoms with van der Waals surface area (Å²) >= 11 is 4.89. The van der Waals surface area contributed by atoms with Crippen LogP contribution in [0.2, 0.25) is 0 Å². The van der Waals surface area contributed by atoms with Gasteiger partial charge in [0, 0.05) is 28.8 Å². The van der Waals surface area contributed by atoms with Gasteiger partial charge in [-0.25, -0.2) is 4.68 Å². The number of nitrogens with two attached hydrogens (primary N) is 1. The van der Waals surface area contributed by atoms with E-state index in [-0.39, 0.29) is 5.91 Å². The standard InChI is InChI=1S/C18H18BrN5OS/c19-15-9-5-4-8-14(15)17-22-23-18(24(17)20)26-11-10-16(25)21-12-13-6-2-1-3-7-13/h1-9H,10-12,20H2,(H,21,25). The Morgan fingerprint density at radius 1 is 1.12 bits per heavy atom. The summed E-state index contributed by atoms with van der Waals surface area (Å²) < 4.78 is 2.35. The maximum atomic E-state index is 12.0. The van der Waals surface area contributed by atoms with Crippen molar-refractivity contribution < 1.29 is 4.79 Å². The molecular formula is C18H18BrN5OS. The van der Waals surface area contributed by atoms with Crippen molar-refractivity contribution in [3.63, 3.8) is 0 Å². The number of hydrogen-bond donors (Lipinski definition) is 2. The van der Waals surface area contributed by atoms with Gasteiger partial charge in [0.25, 0.3) is 0 Å². The van der Waals surface area contributed by atoms with Crippen molar-refractivity contribution in [2.24, 2.45) is 0 Å². The topological polar surface area (TPSA) is 85.8 Å². The van der Waals surface area contributed by atoms with E-state index in [2.05, 4.69) is 31.4 Å². The van der Waals surface area contributed by atoms with Crippen LogP contribution < -0.4 is 11.2 Å². The minimum absolute atomic E-state index is 0.00420. The molecule has 0 bridgehead atoms. The lowest BCUT2D eigenvalue weighted by molar-refractivity contribution is -0.120. The van der Waals surface area contributed by atoms with E-state index in [1.807, 2.05) is 54.6 Å². The second kappa shape index (κ2) is 8.86. The molecule has 2 aromatic carbocycles. The number of carbonyl (C=O) groups is 1. The highest BCUT2D eigenvalue weighted by Crippen LogP contribution is 2.27. The lowest BCUT2D eigenvalue weighted by Crippen LogP contribution is -2.23. The second-order valence-electron chi connectivity index (χ2n) is 5.52. The van der Waals surface area contributed by atoms with Crippen molar-refractivity contribution in [3.05, 3.63) is 64.6 Å². The Morgan fingerprint density at radius 2 is 1.85 bits per heavy atom. The largest absolute Gasteiger partial charge is 0.352 e. The van der Waals surface area contributed by atoms with Gasteiger partial charge in [-0.05, 0) is 17.7 Å². The molecule has 8 heteroatoms. The maximum absolute atomic E-state index is 12.0. The van der Waals surface area contributed by atoms with Gasteiger partial charge in [0.05, 0.1) is 0 Å².